The number of rotatable bonds is 0. The van der Waals surface area contributed by atoms with Crippen LogP contribution in [0, 0.1) is 0 Å². The molecule has 0 unspecified atom stereocenters. The van der Waals surface area contributed by atoms with Crippen molar-refractivity contribution in [2.24, 2.45) is 0 Å². The van der Waals surface area contributed by atoms with Gasteiger partial charge in [0.15, 0.2) is 0 Å². The minimum Gasteiger partial charge on any atom is -0.389 e. The Kier molecular flexibility index (Phi) is 1.60. The quantitative estimate of drug-likeness (QED) is 0.466. The Hall–Kier alpha value is 0.170. The first kappa shape index (κ1) is 6.85. The molecule has 0 aromatic rings. The molecule has 2 aliphatic heterocycles. The lowest BCUT2D eigenvalue weighted by molar-refractivity contribution is 0.0890. The molecule has 0 saturated carbocycles. The predicted octanol–water partition coefficient (Wildman–Crippen LogP) is -0.675. The number of hydrogen-bond donors (Lipinski definition) is 2. The lowest BCUT2D eigenvalue weighted by atomic mass is 10.1. The third-order valence-electron chi connectivity index (χ3n) is 2.13. The number of aliphatic hydroxyl groups is 1. The van der Waals surface area contributed by atoms with Gasteiger partial charge in [0.1, 0.15) is 0 Å². The molecule has 2 fully saturated rings. The highest BCUT2D eigenvalue weighted by atomic mass is 35.5. The number of halogens is 1. The van der Waals surface area contributed by atoms with E-state index in [1.807, 2.05) is 0 Å². The number of nitrogens with one attached hydrogen (secondary N) is 1. The molecule has 0 amide bonds. The van der Waals surface area contributed by atoms with E-state index in [2.05, 4.69) is 5.32 Å². The Morgan fingerprint density at radius 3 is 3.10 bits per heavy atom. The zero-order valence-electron chi connectivity index (χ0n) is 5.46. The van der Waals surface area contributed by atoms with E-state index in [0.717, 1.165) is 6.54 Å². The molecule has 2 heterocycles. The van der Waals surface area contributed by atoms with Gasteiger partial charge in [-0.25, -0.2) is 0 Å². The van der Waals surface area contributed by atoms with E-state index >= 15 is 0 Å². The highest BCUT2D eigenvalue weighted by molar-refractivity contribution is 6.21. The first-order valence-electron chi connectivity index (χ1n) is 3.46. The minimum absolute atomic E-state index is 0.0247. The molecule has 2 saturated heterocycles. The standard InChI is InChI=1S/C6H10ClNO2/c7-3-1-8-5-4(9)2-10-6(3)5/h3-6,8-9H,1-2H2/t3-,4-,5+,6+/m0/s1. The molecule has 4 heteroatoms. The smallest absolute Gasteiger partial charge is 0.0952 e. The second-order valence-electron chi connectivity index (χ2n) is 2.82. The maximum absolute atomic E-state index is 9.27. The van der Waals surface area contributed by atoms with Gasteiger partial charge in [-0.15, -0.1) is 11.6 Å². The number of aliphatic hydroxyl groups excluding tert-OH is 1. The molecule has 2 aliphatic rings. The largest absolute Gasteiger partial charge is 0.389 e. The van der Waals surface area contributed by atoms with E-state index < -0.39 is 0 Å². The zero-order valence-corrected chi connectivity index (χ0v) is 6.21. The van der Waals surface area contributed by atoms with Gasteiger partial charge in [-0.3, -0.25) is 0 Å². The summed E-state index contributed by atoms with van der Waals surface area (Å²) in [7, 11) is 0. The summed E-state index contributed by atoms with van der Waals surface area (Å²) in [5, 5.41) is 12.4. The number of alkyl halides is 1. The second kappa shape index (κ2) is 2.34. The molecular formula is C6H10ClNO2. The van der Waals surface area contributed by atoms with Crippen molar-refractivity contribution in [3.05, 3.63) is 0 Å². The van der Waals surface area contributed by atoms with Gasteiger partial charge >= 0.3 is 0 Å². The van der Waals surface area contributed by atoms with Crippen LogP contribution >= 0.6 is 11.6 Å². The average molecular weight is 164 g/mol. The Labute approximate surface area is 64.3 Å². The average Bonchev–Trinajstić information content (AvgIpc) is 2.41. The fourth-order valence-corrected chi connectivity index (χ4v) is 1.90. The van der Waals surface area contributed by atoms with E-state index in [9.17, 15) is 5.11 Å². The Morgan fingerprint density at radius 2 is 2.40 bits per heavy atom. The van der Waals surface area contributed by atoms with Crippen LogP contribution in [0.25, 0.3) is 0 Å². The van der Waals surface area contributed by atoms with Crippen LogP contribution in [-0.2, 0) is 4.74 Å². The van der Waals surface area contributed by atoms with E-state index in [-0.39, 0.29) is 23.6 Å². The highest BCUT2D eigenvalue weighted by Gasteiger charge is 2.44. The third-order valence-corrected chi connectivity index (χ3v) is 2.54. The van der Waals surface area contributed by atoms with Crippen molar-refractivity contribution >= 4 is 11.6 Å². The Balaban J connectivity index is 2.09. The summed E-state index contributed by atoms with van der Waals surface area (Å²) in [6.45, 7) is 1.17. The topological polar surface area (TPSA) is 41.5 Å². The van der Waals surface area contributed by atoms with Gasteiger partial charge in [0.25, 0.3) is 0 Å². The van der Waals surface area contributed by atoms with E-state index in [1.165, 1.54) is 0 Å². The molecular weight excluding hydrogens is 154 g/mol. The normalized spacial score (nSPS) is 53.4. The van der Waals surface area contributed by atoms with Crippen LogP contribution in [0.1, 0.15) is 0 Å². The molecule has 0 spiro atoms. The van der Waals surface area contributed by atoms with Crippen molar-refractivity contribution in [2.75, 3.05) is 13.2 Å². The summed E-state index contributed by atoms with van der Waals surface area (Å²) in [6, 6.07) is 0.0718. The fourth-order valence-electron chi connectivity index (χ4n) is 1.58. The molecule has 0 bridgehead atoms. The van der Waals surface area contributed by atoms with Gasteiger partial charge in [-0.2, -0.15) is 0 Å². The van der Waals surface area contributed by atoms with Crippen LogP contribution < -0.4 is 5.32 Å². The van der Waals surface area contributed by atoms with Gasteiger partial charge in [-0.05, 0) is 0 Å². The number of ether oxygens (including phenoxy) is 1. The third kappa shape index (κ3) is 0.855. The second-order valence-corrected chi connectivity index (χ2v) is 3.38. The molecule has 58 valence electrons. The van der Waals surface area contributed by atoms with Crippen molar-refractivity contribution < 1.29 is 9.84 Å². The van der Waals surface area contributed by atoms with E-state index in [4.69, 9.17) is 16.3 Å². The highest BCUT2D eigenvalue weighted by Crippen LogP contribution is 2.25. The SMILES string of the molecule is O[C@H]1CO[C@H]2[C@@H]1NC[C@@H]2Cl. The van der Waals surface area contributed by atoms with Crippen LogP contribution in [0.4, 0.5) is 0 Å². The van der Waals surface area contributed by atoms with Crippen molar-refractivity contribution in [1.82, 2.24) is 5.32 Å². The summed E-state index contributed by atoms with van der Waals surface area (Å²) in [4.78, 5) is 0. The van der Waals surface area contributed by atoms with Crippen molar-refractivity contribution in [1.29, 1.82) is 0 Å². The fraction of sp³-hybridized carbons (Fsp3) is 1.00. The predicted molar refractivity (Wildman–Crippen MR) is 37.2 cm³/mol. The maximum atomic E-state index is 9.27. The van der Waals surface area contributed by atoms with Gasteiger partial charge in [-0.1, -0.05) is 0 Å². The van der Waals surface area contributed by atoms with Crippen LogP contribution in [0.15, 0.2) is 0 Å². The Bertz CT molecular complexity index is 128. The van der Waals surface area contributed by atoms with Gasteiger partial charge in [0.2, 0.25) is 0 Å². The van der Waals surface area contributed by atoms with Gasteiger partial charge < -0.3 is 15.2 Å². The number of hydrogen-bond acceptors (Lipinski definition) is 3. The van der Waals surface area contributed by atoms with Crippen LogP contribution in [-0.4, -0.2) is 41.9 Å². The van der Waals surface area contributed by atoms with E-state index in [0.29, 0.717) is 6.61 Å². The lowest BCUT2D eigenvalue weighted by Crippen LogP contribution is -2.36. The summed E-state index contributed by atoms with van der Waals surface area (Å²) < 4.78 is 5.26. The summed E-state index contributed by atoms with van der Waals surface area (Å²) in [5.74, 6) is 0. The van der Waals surface area contributed by atoms with Crippen LogP contribution in [0.3, 0.4) is 0 Å². The summed E-state index contributed by atoms with van der Waals surface area (Å²) in [6.07, 6.45) is -0.342. The molecule has 4 atom stereocenters. The molecule has 10 heavy (non-hydrogen) atoms. The van der Waals surface area contributed by atoms with Crippen molar-refractivity contribution in [2.45, 2.75) is 23.6 Å². The van der Waals surface area contributed by atoms with Crippen LogP contribution in [0.5, 0.6) is 0 Å². The molecule has 0 aromatic carbocycles. The lowest BCUT2D eigenvalue weighted by Gasteiger charge is -2.10. The molecule has 2 N–H and O–H groups in total. The van der Waals surface area contributed by atoms with Crippen molar-refractivity contribution in [3.63, 3.8) is 0 Å². The van der Waals surface area contributed by atoms with E-state index in [1.54, 1.807) is 0 Å². The van der Waals surface area contributed by atoms with Crippen LogP contribution in [0.2, 0.25) is 0 Å². The Morgan fingerprint density at radius 1 is 1.60 bits per heavy atom. The summed E-state index contributed by atoms with van der Waals surface area (Å²) >= 11 is 5.88. The molecule has 2 rings (SSSR count). The monoisotopic (exact) mass is 163 g/mol. The molecule has 0 aliphatic carbocycles. The summed E-state index contributed by atoms with van der Waals surface area (Å²) in [5.41, 5.74) is 0. The first-order chi connectivity index (χ1) is 4.79. The van der Waals surface area contributed by atoms with Crippen molar-refractivity contribution in [3.8, 4) is 0 Å². The van der Waals surface area contributed by atoms with Gasteiger partial charge in [0.05, 0.1) is 30.2 Å². The van der Waals surface area contributed by atoms with Gasteiger partial charge in [0, 0.05) is 6.54 Å². The molecule has 0 radical (unpaired) electrons. The number of fused-ring (bicyclic) bond motifs is 1. The molecule has 3 nitrogen and oxygen atoms in total. The molecule has 0 aromatic heterocycles. The zero-order chi connectivity index (χ0) is 7.14. The maximum Gasteiger partial charge on any atom is 0.0952 e. The minimum atomic E-state index is -0.367. The first-order valence-corrected chi connectivity index (χ1v) is 3.90.